The Kier molecular flexibility index (Phi) is 5.17. The van der Waals surface area contributed by atoms with E-state index in [9.17, 15) is 4.79 Å². The predicted molar refractivity (Wildman–Crippen MR) is 83.2 cm³/mol. The number of carbonyl (C=O) groups is 1. The van der Waals surface area contributed by atoms with Gasteiger partial charge in [-0.15, -0.1) is 0 Å². The number of hydrogen-bond acceptors (Lipinski definition) is 3. The highest BCUT2D eigenvalue weighted by atomic mass is 16.5. The number of piperidine rings is 1. The molecule has 1 spiro atoms. The summed E-state index contributed by atoms with van der Waals surface area (Å²) < 4.78 is 5.67. The van der Waals surface area contributed by atoms with Crippen molar-refractivity contribution in [3.8, 4) is 0 Å². The lowest BCUT2D eigenvalue weighted by Crippen LogP contribution is -2.57. The zero-order valence-corrected chi connectivity index (χ0v) is 13.2. The molecule has 0 radical (unpaired) electrons. The molecule has 3 fully saturated rings. The molecule has 2 aliphatic heterocycles. The molecule has 2 unspecified atom stereocenters. The molecule has 0 aromatic heterocycles. The zero-order chi connectivity index (χ0) is 14.5. The van der Waals surface area contributed by atoms with Gasteiger partial charge >= 0.3 is 0 Å². The first-order valence-electron chi connectivity index (χ1n) is 8.92. The summed E-state index contributed by atoms with van der Waals surface area (Å²) in [6, 6.07) is 0.362. The van der Waals surface area contributed by atoms with Gasteiger partial charge in [-0.25, -0.2) is 0 Å². The number of nitrogens with one attached hydrogen (secondary N) is 2. The van der Waals surface area contributed by atoms with Crippen LogP contribution in [0.5, 0.6) is 0 Å². The molecule has 2 atom stereocenters. The molecular formula is C17H30N2O2. The van der Waals surface area contributed by atoms with Crippen LogP contribution in [0.3, 0.4) is 0 Å². The largest absolute Gasteiger partial charge is 0.378 e. The molecule has 3 aliphatic rings. The van der Waals surface area contributed by atoms with E-state index in [-0.39, 0.29) is 12.0 Å². The van der Waals surface area contributed by atoms with Crippen LogP contribution in [-0.2, 0) is 9.53 Å². The maximum Gasteiger partial charge on any atom is 0.222 e. The molecule has 3 rings (SSSR count). The second kappa shape index (κ2) is 7.10. The number of hydrogen-bond donors (Lipinski definition) is 2. The van der Waals surface area contributed by atoms with Crippen LogP contribution >= 0.6 is 0 Å². The Labute approximate surface area is 128 Å². The van der Waals surface area contributed by atoms with Gasteiger partial charge in [0.2, 0.25) is 5.91 Å². The van der Waals surface area contributed by atoms with Crippen molar-refractivity contribution < 1.29 is 9.53 Å². The van der Waals surface area contributed by atoms with E-state index in [1.165, 1.54) is 38.5 Å². The lowest BCUT2D eigenvalue weighted by atomic mass is 9.75. The summed E-state index contributed by atoms with van der Waals surface area (Å²) in [6.07, 6.45) is 12.9. The molecule has 1 amide bonds. The molecule has 21 heavy (non-hydrogen) atoms. The van der Waals surface area contributed by atoms with Crippen molar-refractivity contribution >= 4 is 5.91 Å². The minimum atomic E-state index is 0.157. The molecule has 1 saturated carbocycles. The van der Waals surface area contributed by atoms with E-state index in [1.54, 1.807) is 0 Å². The molecule has 0 aromatic carbocycles. The van der Waals surface area contributed by atoms with E-state index < -0.39 is 0 Å². The van der Waals surface area contributed by atoms with Crippen molar-refractivity contribution in [1.82, 2.24) is 10.6 Å². The Bertz CT molecular complexity index is 341. The zero-order valence-electron chi connectivity index (χ0n) is 13.2. The summed E-state index contributed by atoms with van der Waals surface area (Å²) in [6.45, 7) is 1.87. The van der Waals surface area contributed by atoms with Gasteiger partial charge in [0.15, 0.2) is 0 Å². The molecular weight excluding hydrogens is 264 g/mol. The van der Waals surface area contributed by atoms with Crippen LogP contribution in [0.25, 0.3) is 0 Å². The number of ether oxygens (including phenoxy) is 1. The first-order chi connectivity index (χ1) is 10.3. The summed E-state index contributed by atoms with van der Waals surface area (Å²) in [5.74, 6) is 0.194. The summed E-state index contributed by atoms with van der Waals surface area (Å²) in [7, 11) is 0. The molecule has 0 aromatic rings. The molecule has 2 N–H and O–H groups in total. The molecule has 4 nitrogen and oxygen atoms in total. The monoisotopic (exact) mass is 294 g/mol. The highest BCUT2D eigenvalue weighted by molar-refractivity contribution is 5.76. The van der Waals surface area contributed by atoms with Gasteiger partial charge in [-0.05, 0) is 51.5 Å². The SMILES string of the molecule is O=C(CC1CCCCO1)NC1CCNC2(CCCCC2)C1. The molecule has 1 aliphatic carbocycles. The molecule has 0 bridgehead atoms. The Hall–Kier alpha value is -0.610. The van der Waals surface area contributed by atoms with E-state index in [0.717, 1.165) is 38.8 Å². The normalized spacial score (nSPS) is 32.8. The quantitative estimate of drug-likeness (QED) is 0.841. The number of carbonyl (C=O) groups excluding carboxylic acids is 1. The number of amides is 1. The maximum atomic E-state index is 12.2. The Morgan fingerprint density at radius 2 is 2.00 bits per heavy atom. The summed E-state index contributed by atoms with van der Waals surface area (Å²) in [5, 5.41) is 7.02. The lowest BCUT2D eigenvalue weighted by molar-refractivity contribution is -0.126. The van der Waals surface area contributed by atoms with Crippen LogP contribution in [-0.4, -0.2) is 36.7 Å². The highest BCUT2D eigenvalue weighted by Gasteiger charge is 2.37. The third-order valence-corrected chi connectivity index (χ3v) is 5.49. The van der Waals surface area contributed by atoms with Crippen molar-refractivity contribution in [3.05, 3.63) is 0 Å². The molecule has 4 heteroatoms. The van der Waals surface area contributed by atoms with Crippen molar-refractivity contribution in [2.75, 3.05) is 13.2 Å². The first-order valence-corrected chi connectivity index (χ1v) is 8.92. The topological polar surface area (TPSA) is 50.4 Å². The fourth-order valence-corrected chi connectivity index (χ4v) is 4.35. The minimum Gasteiger partial charge on any atom is -0.378 e. The lowest BCUT2D eigenvalue weighted by Gasteiger charge is -2.44. The molecule has 2 saturated heterocycles. The predicted octanol–water partition coefficient (Wildman–Crippen LogP) is 2.52. The van der Waals surface area contributed by atoms with Gasteiger partial charge < -0.3 is 15.4 Å². The Morgan fingerprint density at radius 1 is 1.14 bits per heavy atom. The van der Waals surface area contributed by atoms with Crippen LogP contribution in [0.1, 0.15) is 70.6 Å². The van der Waals surface area contributed by atoms with E-state index in [4.69, 9.17) is 4.74 Å². The van der Waals surface area contributed by atoms with Gasteiger partial charge in [0.05, 0.1) is 12.5 Å². The molecule has 120 valence electrons. The van der Waals surface area contributed by atoms with Gasteiger partial charge in [0.1, 0.15) is 0 Å². The average Bonchev–Trinajstić information content (AvgIpc) is 2.49. The summed E-state index contributed by atoms with van der Waals surface area (Å²) in [4.78, 5) is 12.2. The Balaban J connectivity index is 1.46. The fourth-order valence-electron chi connectivity index (χ4n) is 4.35. The Morgan fingerprint density at radius 3 is 2.76 bits per heavy atom. The van der Waals surface area contributed by atoms with E-state index in [2.05, 4.69) is 10.6 Å². The third kappa shape index (κ3) is 4.19. The van der Waals surface area contributed by atoms with Crippen LogP contribution in [0.15, 0.2) is 0 Å². The van der Waals surface area contributed by atoms with Crippen molar-refractivity contribution in [3.63, 3.8) is 0 Å². The van der Waals surface area contributed by atoms with Crippen LogP contribution < -0.4 is 10.6 Å². The van der Waals surface area contributed by atoms with Gasteiger partial charge in [0.25, 0.3) is 0 Å². The van der Waals surface area contributed by atoms with Crippen molar-refractivity contribution in [2.45, 2.75) is 88.3 Å². The van der Waals surface area contributed by atoms with E-state index >= 15 is 0 Å². The first kappa shape index (κ1) is 15.3. The van der Waals surface area contributed by atoms with Crippen LogP contribution in [0, 0.1) is 0 Å². The van der Waals surface area contributed by atoms with Crippen LogP contribution in [0.2, 0.25) is 0 Å². The van der Waals surface area contributed by atoms with Gasteiger partial charge in [-0.3, -0.25) is 4.79 Å². The van der Waals surface area contributed by atoms with Crippen LogP contribution in [0.4, 0.5) is 0 Å². The summed E-state index contributed by atoms with van der Waals surface area (Å²) in [5.41, 5.74) is 0.315. The standard InChI is InChI=1S/C17H30N2O2/c20-16(12-15-6-2-5-11-21-15)19-14-7-10-18-17(13-14)8-3-1-4-9-17/h14-15,18H,1-13H2,(H,19,20). The minimum absolute atomic E-state index is 0.157. The van der Waals surface area contributed by atoms with Gasteiger partial charge in [-0.2, -0.15) is 0 Å². The van der Waals surface area contributed by atoms with Crippen molar-refractivity contribution in [1.29, 1.82) is 0 Å². The smallest absolute Gasteiger partial charge is 0.222 e. The second-order valence-corrected chi connectivity index (χ2v) is 7.22. The number of rotatable bonds is 3. The maximum absolute atomic E-state index is 12.2. The highest BCUT2D eigenvalue weighted by Crippen LogP contribution is 2.34. The third-order valence-electron chi connectivity index (χ3n) is 5.49. The average molecular weight is 294 g/mol. The van der Waals surface area contributed by atoms with E-state index in [0.29, 0.717) is 18.0 Å². The van der Waals surface area contributed by atoms with Gasteiger partial charge in [0, 0.05) is 18.2 Å². The van der Waals surface area contributed by atoms with E-state index in [1.807, 2.05) is 0 Å². The summed E-state index contributed by atoms with van der Waals surface area (Å²) >= 11 is 0. The fraction of sp³-hybridized carbons (Fsp3) is 0.941. The molecule has 2 heterocycles. The second-order valence-electron chi connectivity index (χ2n) is 7.22. The van der Waals surface area contributed by atoms with Crippen molar-refractivity contribution in [2.24, 2.45) is 0 Å². The van der Waals surface area contributed by atoms with Gasteiger partial charge in [-0.1, -0.05) is 19.3 Å².